The highest BCUT2D eigenvalue weighted by Gasteiger charge is 2.22. The number of methoxy groups -OCH3 is 2. The summed E-state index contributed by atoms with van der Waals surface area (Å²) in [5.41, 5.74) is 2.01. The van der Waals surface area contributed by atoms with Crippen molar-refractivity contribution in [1.82, 2.24) is 29.7 Å². The molecule has 1 aliphatic rings. The zero-order valence-corrected chi connectivity index (χ0v) is 18.0. The summed E-state index contributed by atoms with van der Waals surface area (Å²) in [5.74, 6) is 3.98. The van der Waals surface area contributed by atoms with E-state index < -0.39 is 0 Å². The average Bonchev–Trinajstić information content (AvgIpc) is 3.11. The van der Waals surface area contributed by atoms with Gasteiger partial charge in [0.15, 0.2) is 5.82 Å². The largest absolute Gasteiger partial charge is 0.481 e. The molecule has 10 heteroatoms. The van der Waals surface area contributed by atoms with Gasteiger partial charge in [-0.15, -0.1) is 0 Å². The van der Waals surface area contributed by atoms with Crippen LogP contribution in [0.15, 0.2) is 18.2 Å². The molecule has 0 atom stereocenters. The smallest absolute Gasteiger partial charge is 0.232 e. The van der Waals surface area contributed by atoms with E-state index in [1.165, 1.54) is 0 Å². The van der Waals surface area contributed by atoms with E-state index in [0.717, 1.165) is 55.0 Å². The summed E-state index contributed by atoms with van der Waals surface area (Å²) in [4.78, 5) is 22.5. The van der Waals surface area contributed by atoms with E-state index in [-0.39, 0.29) is 0 Å². The van der Waals surface area contributed by atoms with Crippen molar-refractivity contribution in [2.24, 2.45) is 0 Å². The van der Waals surface area contributed by atoms with Crippen molar-refractivity contribution >= 4 is 11.8 Å². The fourth-order valence-electron chi connectivity index (χ4n) is 3.55. The SMILES string of the molecule is COc1cc(OC)nc(N2CCN(c3cc(-n4nc(C)cc4C)nc(C)n3)CC2)n1. The monoisotopic (exact) mass is 410 g/mol. The Labute approximate surface area is 175 Å². The van der Waals surface area contributed by atoms with Crippen LogP contribution in [0.25, 0.3) is 5.82 Å². The third-order valence-corrected chi connectivity index (χ3v) is 5.01. The summed E-state index contributed by atoms with van der Waals surface area (Å²) >= 11 is 0. The number of ether oxygens (including phenoxy) is 2. The molecule has 4 heterocycles. The first kappa shape index (κ1) is 19.9. The molecule has 0 amide bonds. The summed E-state index contributed by atoms with van der Waals surface area (Å²) in [6.07, 6.45) is 0. The van der Waals surface area contributed by atoms with Crippen LogP contribution in [0.3, 0.4) is 0 Å². The molecule has 3 aromatic heterocycles. The lowest BCUT2D eigenvalue weighted by molar-refractivity contribution is 0.371. The second-order valence-corrected chi connectivity index (χ2v) is 7.20. The van der Waals surface area contributed by atoms with Gasteiger partial charge in [0.1, 0.15) is 11.6 Å². The van der Waals surface area contributed by atoms with E-state index in [2.05, 4.69) is 34.8 Å². The van der Waals surface area contributed by atoms with Crippen LogP contribution in [0, 0.1) is 20.8 Å². The van der Waals surface area contributed by atoms with Crippen LogP contribution in [0.2, 0.25) is 0 Å². The van der Waals surface area contributed by atoms with Gasteiger partial charge in [-0.3, -0.25) is 0 Å². The van der Waals surface area contributed by atoms with Gasteiger partial charge in [0.2, 0.25) is 17.7 Å². The number of piperazine rings is 1. The summed E-state index contributed by atoms with van der Waals surface area (Å²) in [6.45, 7) is 9.01. The minimum absolute atomic E-state index is 0.486. The zero-order chi connectivity index (χ0) is 21.3. The normalized spacial score (nSPS) is 14.2. The molecule has 1 saturated heterocycles. The van der Waals surface area contributed by atoms with Crippen molar-refractivity contribution in [1.29, 1.82) is 0 Å². The van der Waals surface area contributed by atoms with Gasteiger partial charge in [0.25, 0.3) is 0 Å². The van der Waals surface area contributed by atoms with Gasteiger partial charge in [-0.05, 0) is 26.8 Å². The van der Waals surface area contributed by atoms with Crippen LogP contribution in [0.5, 0.6) is 11.8 Å². The second kappa shape index (κ2) is 8.13. The minimum atomic E-state index is 0.486. The van der Waals surface area contributed by atoms with E-state index in [1.54, 1.807) is 20.3 Å². The highest BCUT2D eigenvalue weighted by Crippen LogP contribution is 2.23. The lowest BCUT2D eigenvalue weighted by Gasteiger charge is -2.35. The Morgan fingerprint density at radius 3 is 1.90 bits per heavy atom. The lowest BCUT2D eigenvalue weighted by atomic mass is 10.3. The molecule has 3 aromatic rings. The highest BCUT2D eigenvalue weighted by atomic mass is 16.5. The third-order valence-electron chi connectivity index (χ3n) is 5.01. The first-order valence-corrected chi connectivity index (χ1v) is 9.83. The van der Waals surface area contributed by atoms with Crippen LogP contribution in [-0.2, 0) is 0 Å². The maximum Gasteiger partial charge on any atom is 0.232 e. The first-order chi connectivity index (χ1) is 14.5. The highest BCUT2D eigenvalue weighted by molar-refractivity contribution is 5.47. The van der Waals surface area contributed by atoms with Crippen LogP contribution in [0.4, 0.5) is 11.8 Å². The molecule has 10 nitrogen and oxygen atoms in total. The predicted molar refractivity (Wildman–Crippen MR) is 113 cm³/mol. The molecule has 1 aliphatic heterocycles. The summed E-state index contributed by atoms with van der Waals surface area (Å²) in [6, 6.07) is 5.70. The number of nitrogens with zero attached hydrogens (tertiary/aromatic N) is 8. The molecule has 30 heavy (non-hydrogen) atoms. The fraction of sp³-hybridized carbons (Fsp3) is 0.450. The Kier molecular flexibility index (Phi) is 5.39. The van der Waals surface area contributed by atoms with Crippen molar-refractivity contribution in [3.63, 3.8) is 0 Å². The van der Waals surface area contributed by atoms with Gasteiger partial charge in [0, 0.05) is 37.9 Å². The van der Waals surface area contributed by atoms with Crippen molar-refractivity contribution < 1.29 is 9.47 Å². The van der Waals surface area contributed by atoms with Gasteiger partial charge in [-0.25, -0.2) is 14.6 Å². The Hall–Kier alpha value is -3.43. The summed E-state index contributed by atoms with van der Waals surface area (Å²) in [5, 5.41) is 4.55. The molecule has 0 unspecified atom stereocenters. The molecule has 0 aliphatic carbocycles. The van der Waals surface area contributed by atoms with Gasteiger partial charge in [-0.2, -0.15) is 15.1 Å². The van der Waals surface area contributed by atoms with Crippen molar-refractivity contribution in [3.05, 3.63) is 35.4 Å². The molecular formula is C20H26N8O2. The van der Waals surface area contributed by atoms with E-state index in [9.17, 15) is 0 Å². The molecule has 4 rings (SSSR count). The van der Waals surface area contributed by atoms with Crippen LogP contribution >= 0.6 is 0 Å². The van der Waals surface area contributed by atoms with E-state index in [0.29, 0.717) is 17.7 Å². The van der Waals surface area contributed by atoms with Crippen molar-refractivity contribution in [3.8, 4) is 17.6 Å². The number of aromatic nitrogens is 6. The number of rotatable bonds is 5. The maximum atomic E-state index is 5.26. The van der Waals surface area contributed by atoms with E-state index in [4.69, 9.17) is 9.47 Å². The number of aryl methyl sites for hydroxylation is 3. The number of hydrogen-bond donors (Lipinski definition) is 0. The Morgan fingerprint density at radius 1 is 0.733 bits per heavy atom. The molecule has 0 saturated carbocycles. The quantitative estimate of drug-likeness (QED) is 0.623. The summed E-state index contributed by atoms with van der Waals surface area (Å²) < 4.78 is 12.4. The van der Waals surface area contributed by atoms with Crippen molar-refractivity contribution in [2.75, 3.05) is 50.2 Å². The zero-order valence-electron chi connectivity index (χ0n) is 18.0. The Balaban J connectivity index is 1.53. The topological polar surface area (TPSA) is 94.3 Å². The summed E-state index contributed by atoms with van der Waals surface area (Å²) in [7, 11) is 3.17. The minimum Gasteiger partial charge on any atom is -0.481 e. The molecule has 158 valence electrons. The maximum absolute atomic E-state index is 5.26. The Morgan fingerprint density at radius 2 is 1.33 bits per heavy atom. The number of anilines is 2. The fourth-order valence-corrected chi connectivity index (χ4v) is 3.55. The molecule has 0 aromatic carbocycles. The number of hydrogen-bond acceptors (Lipinski definition) is 9. The molecule has 0 spiro atoms. The van der Waals surface area contributed by atoms with E-state index in [1.807, 2.05) is 37.6 Å². The van der Waals surface area contributed by atoms with Crippen molar-refractivity contribution in [2.45, 2.75) is 20.8 Å². The molecule has 0 bridgehead atoms. The Bertz CT molecular complexity index is 1020. The third kappa shape index (κ3) is 3.98. The van der Waals surface area contributed by atoms with Crippen LogP contribution < -0.4 is 19.3 Å². The standard InChI is InChI=1S/C20H26N8O2/c1-13-10-14(2)28(25-13)17-11-16(21-15(3)22-17)26-6-8-27(9-7-26)20-23-18(29-4)12-19(24-20)30-5/h10-12H,6-9H2,1-5H3. The molecule has 0 N–H and O–H groups in total. The molecular weight excluding hydrogens is 384 g/mol. The van der Waals surface area contributed by atoms with Gasteiger partial charge < -0.3 is 19.3 Å². The van der Waals surface area contributed by atoms with Gasteiger partial charge in [0.05, 0.1) is 26.0 Å². The van der Waals surface area contributed by atoms with Crippen LogP contribution in [0.1, 0.15) is 17.2 Å². The van der Waals surface area contributed by atoms with Gasteiger partial charge >= 0.3 is 0 Å². The van der Waals surface area contributed by atoms with E-state index >= 15 is 0 Å². The molecule has 0 radical (unpaired) electrons. The van der Waals surface area contributed by atoms with Crippen LogP contribution in [-0.4, -0.2) is 70.1 Å². The predicted octanol–water partition coefficient (Wildman–Crippen LogP) is 1.72. The first-order valence-electron chi connectivity index (χ1n) is 9.83. The van der Waals surface area contributed by atoms with Gasteiger partial charge in [-0.1, -0.05) is 0 Å². The molecule has 1 fully saturated rings. The second-order valence-electron chi connectivity index (χ2n) is 7.20. The average molecular weight is 410 g/mol. The lowest BCUT2D eigenvalue weighted by Crippen LogP contribution is -2.47.